The molecule has 0 aliphatic heterocycles. The van der Waals surface area contributed by atoms with Crippen molar-refractivity contribution < 1.29 is 4.79 Å². The number of Topliss-reactive ketones (excluding diaryl/α,β-unsaturated/α-hetero) is 1. The first-order valence-electron chi connectivity index (χ1n) is 4.53. The van der Waals surface area contributed by atoms with Crippen LogP contribution in [0.25, 0.3) is 0 Å². The standard InChI is InChI=1S/C11H10Cl2O/c1-7(14)11(5-6-11)10-8(12)3-2-4-9(10)13/h2-4H,5-6H2,1H3. The Morgan fingerprint density at radius 3 is 2.14 bits per heavy atom. The van der Waals surface area contributed by atoms with E-state index in [0.29, 0.717) is 10.0 Å². The molecule has 0 saturated heterocycles. The average Bonchev–Trinajstić information content (AvgIpc) is 2.85. The molecule has 1 aliphatic rings. The lowest BCUT2D eigenvalue weighted by Gasteiger charge is -2.15. The Morgan fingerprint density at radius 2 is 1.79 bits per heavy atom. The van der Waals surface area contributed by atoms with E-state index in [1.165, 1.54) is 0 Å². The lowest BCUT2D eigenvalue weighted by atomic mass is 9.92. The Morgan fingerprint density at radius 1 is 1.29 bits per heavy atom. The quantitative estimate of drug-likeness (QED) is 0.756. The van der Waals surface area contributed by atoms with Crippen molar-refractivity contribution in [3.05, 3.63) is 33.8 Å². The lowest BCUT2D eigenvalue weighted by molar-refractivity contribution is -0.119. The van der Waals surface area contributed by atoms with Crippen molar-refractivity contribution in [2.24, 2.45) is 0 Å². The van der Waals surface area contributed by atoms with Crippen molar-refractivity contribution in [3.63, 3.8) is 0 Å². The molecule has 0 atom stereocenters. The SMILES string of the molecule is CC(=O)C1(c2c(Cl)cccc2Cl)CC1. The predicted octanol–water partition coefficient (Wildman–Crippen LogP) is 3.61. The lowest BCUT2D eigenvalue weighted by Crippen LogP contribution is -2.17. The molecule has 0 unspecified atom stereocenters. The van der Waals surface area contributed by atoms with E-state index in [2.05, 4.69) is 0 Å². The van der Waals surface area contributed by atoms with Crippen molar-refractivity contribution in [1.29, 1.82) is 0 Å². The van der Waals surface area contributed by atoms with E-state index in [-0.39, 0.29) is 11.2 Å². The maximum atomic E-state index is 11.5. The largest absolute Gasteiger partial charge is 0.299 e. The van der Waals surface area contributed by atoms with Crippen LogP contribution in [0.5, 0.6) is 0 Å². The number of hydrogen-bond donors (Lipinski definition) is 0. The van der Waals surface area contributed by atoms with Gasteiger partial charge in [-0.2, -0.15) is 0 Å². The number of rotatable bonds is 2. The van der Waals surface area contributed by atoms with Gasteiger partial charge in [-0.3, -0.25) is 4.79 Å². The molecule has 1 aromatic rings. The van der Waals surface area contributed by atoms with Crippen LogP contribution < -0.4 is 0 Å². The fourth-order valence-corrected chi connectivity index (χ4v) is 2.62. The first kappa shape index (κ1) is 10.0. The fraction of sp³-hybridized carbons (Fsp3) is 0.364. The van der Waals surface area contributed by atoms with E-state index >= 15 is 0 Å². The Balaban J connectivity index is 2.56. The van der Waals surface area contributed by atoms with Crippen molar-refractivity contribution >= 4 is 29.0 Å². The molecule has 1 fully saturated rings. The summed E-state index contributed by atoms with van der Waals surface area (Å²) in [5.74, 6) is 0.160. The first-order chi connectivity index (χ1) is 6.58. The van der Waals surface area contributed by atoms with Crippen molar-refractivity contribution in [2.45, 2.75) is 25.2 Å². The summed E-state index contributed by atoms with van der Waals surface area (Å²) in [7, 11) is 0. The Hall–Kier alpha value is -0.530. The molecule has 1 saturated carbocycles. The van der Waals surface area contributed by atoms with Gasteiger partial charge in [-0.25, -0.2) is 0 Å². The van der Waals surface area contributed by atoms with E-state index in [4.69, 9.17) is 23.2 Å². The molecule has 0 heterocycles. The molecule has 1 aromatic carbocycles. The van der Waals surface area contributed by atoms with E-state index in [9.17, 15) is 4.79 Å². The van der Waals surface area contributed by atoms with Crippen molar-refractivity contribution in [1.82, 2.24) is 0 Å². The van der Waals surface area contributed by atoms with E-state index in [1.807, 2.05) is 0 Å². The molecule has 0 radical (unpaired) electrons. The topological polar surface area (TPSA) is 17.1 Å². The molecular weight excluding hydrogens is 219 g/mol. The molecule has 1 aliphatic carbocycles. The van der Waals surface area contributed by atoms with Gasteiger partial charge in [0.25, 0.3) is 0 Å². The highest BCUT2D eigenvalue weighted by Crippen LogP contribution is 2.53. The minimum absolute atomic E-state index is 0.160. The van der Waals surface area contributed by atoms with Gasteiger partial charge >= 0.3 is 0 Å². The highest BCUT2D eigenvalue weighted by Gasteiger charge is 2.50. The fourth-order valence-electron chi connectivity index (χ4n) is 1.86. The molecule has 0 N–H and O–H groups in total. The molecular formula is C11H10Cl2O. The number of benzene rings is 1. The summed E-state index contributed by atoms with van der Waals surface area (Å²) in [6, 6.07) is 5.36. The van der Waals surface area contributed by atoms with Gasteiger partial charge in [-0.05, 0) is 31.9 Å². The first-order valence-corrected chi connectivity index (χ1v) is 5.29. The van der Waals surface area contributed by atoms with Gasteiger partial charge in [-0.15, -0.1) is 0 Å². The van der Waals surface area contributed by atoms with E-state index in [0.717, 1.165) is 18.4 Å². The summed E-state index contributed by atoms with van der Waals surface area (Å²) in [6.45, 7) is 1.60. The predicted molar refractivity (Wildman–Crippen MR) is 58.1 cm³/mol. The number of halogens is 2. The van der Waals surface area contributed by atoms with Gasteiger partial charge in [0, 0.05) is 15.6 Å². The highest BCUT2D eigenvalue weighted by atomic mass is 35.5. The zero-order valence-electron chi connectivity index (χ0n) is 7.81. The smallest absolute Gasteiger partial charge is 0.140 e. The number of hydrogen-bond acceptors (Lipinski definition) is 1. The molecule has 2 rings (SSSR count). The molecule has 0 spiro atoms. The molecule has 0 aromatic heterocycles. The monoisotopic (exact) mass is 228 g/mol. The summed E-state index contributed by atoms with van der Waals surface area (Å²) in [4.78, 5) is 11.5. The molecule has 1 nitrogen and oxygen atoms in total. The van der Waals surface area contributed by atoms with Crippen LogP contribution in [0.15, 0.2) is 18.2 Å². The summed E-state index contributed by atoms with van der Waals surface area (Å²) in [6.07, 6.45) is 1.73. The van der Waals surface area contributed by atoms with Crippen LogP contribution in [0.3, 0.4) is 0 Å². The maximum absolute atomic E-state index is 11.5. The van der Waals surface area contributed by atoms with E-state index in [1.54, 1.807) is 25.1 Å². The van der Waals surface area contributed by atoms with Crippen LogP contribution in [0.1, 0.15) is 25.3 Å². The third-order valence-corrected chi connectivity index (χ3v) is 3.50. The molecule has 3 heteroatoms. The zero-order valence-corrected chi connectivity index (χ0v) is 9.32. The number of carbonyl (C=O) groups is 1. The second kappa shape index (κ2) is 3.25. The molecule has 14 heavy (non-hydrogen) atoms. The Kier molecular flexibility index (Phi) is 2.32. The zero-order chi connectivity index (χ0) is 10.3. The molecule has 0 amide bonds. The van der Waals surface area contributed by atoms with Crippen LogP contribution in [0, 0.1) is 0 Å². The maximum Gasteiger partial charge on any atom is 0.140 e. The van der Waals surface area contributed by atoms with Crippen LogP contribution in [0.2, 0.25) is 10.0 Å². The van der Waals surface area contributed by atoms with Crippen LogP contribution in [0.4, 0.5) is 0 Å². The number of ketones is 1. The van der Waals surface area contributed by atoms with Gasteiger partial charge in [0.05, 0.1) is 5.41 Å². The van der Waals surface area contributed by atoms with Crippen LogP contribution >= 0.6 is 23.2 Å². The third kappa shape index (κ3) is 1.35. The summed E-state index contributed by atoms with van der Waals surface area (Å²) >= 11 is 12.1. The minimum Gasteiger partial charge on any atom is -0.299 e. The summed E-state index contributed by atoms with van der Waals surface area (Å²) in [5, 5.41) is 1.20. The van der Waals surface area contributed by atoms with Crippen molar-refractivity contribution in [2.75, 3.05) is 0 Å². The number of carbonyl (C=O) groups excluding carboxylic acids is 1. The molecule has 0 bridgehead atoms. The van der Waals surface area contributed by atoms with Gasteiger partial charge in [-0.1, -0.05) is 29.3 Å². The van der Waals surface area contributed by atoms with Crippen LogP contribution in [-0.4, -0.2) is 5.78 Å². The second-order valence-corrected chi connectivity index (χ2v) is 4.55. The minimum atomic E-state index is -0.380. The Bertz CT molecular complexity index is 374. The van der Waals surface area contributed by atoms with E-state index < -0.39 is 0 Å². The highest BCUT2D eigenvalue weighted by molar-refractivity contribution is 6.36. The summed E-state index contributed by atoms with van der Waals surface area (Å²) < 4.78 is 0. The van der Waals surface area contributed by atoms with Gasteiger partial charge in [0.15, 0.2) is 0 Å². The second-order valence-electron chi connectivity index (χ2n) is 3.73. The van der Waals surface area contributed by atoms with Crippen molar-refractivity contribution in [3.8, 4) is 0 Å². The van der Waals surface area contributed by atoms with Gasteiger partial charge < -0.3 is 0 Å². The average molecular weight is 229 g/mol. The summed E-state index contributed by atoms with van der Waals surface area (Å²) in [5.41, 5.74) is 0.436. The third-order valence-electron chi connectivity index (χ3n) is 2.87. The Labute approximate surface area is 93.0 Å². The van der Waals surface area contributed by atoms with Gasteiger partial charge in [0.1, 0.15) is 5.78 Å². The van der Waals surface area contributed by atoms with Gasteiger partial charge in [0.2, 0.25) is 0 Å². The van der Waals surface area contributed by atoms with Crippen LogP contribution in [-0.2, 0) is 10.2 Å². The normalized spacial score (nSPS) is 17.9. The molecule has 74 valence electrons.